The van der Waals surface area contributed by atoms with Crippen LogP contribution in [0.2, 0.25) is 0 Å². The Morgan fingerprint density at radius 2 is 2.10 bits per heavy atom. The Kier molecular flexibility index (Phi) is 4.63. The first-order chi connectivity index (χ1) is 9.36. The van der Waals surface area contributed by atoms with E-state index in [9.17, 15) is 4.79 Å². The summed E-state index contributed by atoms with van der Waals surface area (Å²) >= 11 is 0. The number of rotatable bonds is 5. The average Bonchev–Trinajstić information content (AvgIpc) is 2.96. The minimum Gasteiger partial charge on any atom is -0.327 e. The maximum atomic E-state index is 12.1. The number of hydrogen-bond donors (Lipinski definition) is 1. The molecule has 0 aromatic carbocycles. The lowest BCUT2D eigenvalue weighted by Crippen LogP contribution is -2.37. The molecule has 0 aliphatic heterocycles. The van der Waals surface area contributed by atoms with Crippen LogP contribution in [0.4, 0.5) is 0 Å². The van der Waals surface area contributed by atoms with Crippen LogP contribution >= 0.6 is 0 Å². The van der Waals surface area contributed by atoms with Gasteiger partial charge in [-0.1, -0.05) is 33.6 Å². The number of nitrogens with two attached hydrogens (primary N) is 1. The van der Waals surface area contributed by atoms with Crippen molar-refractivity contribution in [2.75, 3.05) is 0 Å². The zero-order valence-electron chi connectivity index (χ0n) is 12.9. The zero-order valence-corrected chi connectivity index (χ0v) is 12.9. The molecule has 1 aliphatic carbocycles. The molecule has 20 heavy (non-hydrogen) atoms. The summed E-state index contributed by atoms with van der Waals surface area (Å²) in [6, 6.07) is 2.42. The second kappa shape index (κ2) is 6.08. The van der Waals surface area contributed by atoms with Crippen molar-refractivity contribution < 1.29 is 4.79 Å². The van der Waals surface area contributed by atoms with Crippen LogP contribution in [0.3, 0.4) is 0 Å². The Labute approximate surface area is 121 Å². The van der Waals surface area contributed by atoms with Crippen molar-refractivity contribution in [2.45, 2.75) is 71.4 Å². The van der Waals surface area contributed by atoms with Crippen LogP contribution in [0, 0.1) is 5.41 Å². The number of hydrogen-bond acceptors (Lipinski definition) is 3. The molecule has 0 spiro atoms. The highest BCUT2D eigenvalue weighted by Crippen LogP contribution is 2.28. The number of carbonyl (C=O) groups excluding carboxylic acids is 1. The maximum Gasteiger partial charge on any atom is 0.140 e. The van der Waals surface area contributed by atoms with Gasteiger partial charge in [-0.3, -0.25) is 9.48 Å². The van der Waals surface area contributed by atoms with Crippen LogP contribution in [-0.2, 0) is 11.2 Å². The summed E-state index contributed by atoms with van der Waals surface area (Å²) in [7, 11) is 0. The first-order valence-electron chi connectivity index (χ1n) is 7.67. The molecule has 2 rings (SSSR count). The molecular formula is C16H27N3O. The summed E-state index contributed by atoms with van der Waals surface area (Å²) in [5.74, 6) is 0.184. The zero-order chi connectivity index (χ0) is 14.8. The molecule has 1 heterocycles. The van der Waals surface area contributed by atoms with Gasteiger partial charge in [0.2, 0.25) is 0 Å². The Bertz CT molecular complexity index is 453. The van der Waals surface area contributed by atoms with Crippen LogP contribution in [0.15, 0.2) is 12.3 Å². The normalized spacial score (nSPS) is 18.4. The van der Waals surface area contributed by atoms with Gasteiger partial charge in [0, 0.05) is 18.7 Å². The van der Waals surface area contributed by atoms with E-state index < -0.39 is 0 Å². The van der Waals surface area contributed by atoms with Gasteiger partial charge in [-0.2, -0.15) is 5.10 Å². The third-order valence-electron chi connectivity index (χ3n) is 4.30. The van der Waals surface area contributed by atoms with Crippen LogP contribution in [0.1, 0.15) is 64.6 Å². The third kappa shape index (κ3) is 3.92. The predicted octanol–water partition coefficient (Wildman–Crippen LogP) is 2.87. The van der Waals surface area contributed by atoms with Gasteiger partial charge in [0.05, 0.1) is 18.2 Å². The SMILES string of the molecule is CC(C)(C)C(N)CC(=O)Cc1ccn(C2CCCC2)n1. The highest BCUT2D eigenvalue weighted by Gasteiger charge is 2.24. The lowest BCUT2D eigenvalue weighted by Gasteiger charge is -2.26. The molecule has 0 amide bonds. The van der Waals surface area contributed by atoms with Crippen molar-refractivity contribution in [1.82, 2.24) is 9.78 Å². The number of aromatic nitrogens is 2. The Morgan fingerprint density at radius 3 is 2.70 bits per heavy atom. The number of carbonyl (C=O) groups is 1. The molecule has 1 aromatic heterocycles. The van der Waals surface area contributed by atoms with Crippen molar-refractivity contribution in [3.05, 3.63) is 18.0 Å². The van der Waals surface area contributed by atoms with Gasteiger partial charge in [0.15, 0.2) is 0 Å². The Morgan fingerprint density at radius 1 is 1.45 bits per heavy atom. The summed E-state index contributed by atoms with van der Waals surface area (Å²) in [4.78, 5) is 12.1. The highest BCUT2D eigenvalue weighted by atomic mass is 16.1. The molecule has 1 aliphatic rings. The largest absolute Gasteiger partial charge is 0.327 e. The average molecular weight is 277 g/mol. The molecule has 0 saturated heterocycles. The van der Waals surface area contributed by atoms with Crippen LogP contribution in [-0.4, -0.2) is 21.6 Å². The number of nitrogens with zero attached hydrogens (tertiary/aromatic N) is 2. The van der Waals surface area contributed by atoms with E-state index in [1.807, 2.05) is 16.9 Å². The fourth-order valence-electron chi connectivity index (χ4n) is 2.67. The van der Waals surface area contributed by atoms with E-state index in [1.54, 1.807) is 0 Å². The second-order valence-electron chi connectivity index (χ2n) is 7.12. The third-order valence-corrected chi connectivity index (χ3v) is 4.30. The van der Waals surface area contributed by atoms with Crippen molar-refractivity contribution in [2.24, 2.45) is 11.1 Å². The number of Topliss-reactive ketones (excluding diaryl/α,β-unsaturated/α-hetero) is 1. The van der Waals surface area contributed by atoms with Gasteiger partial charge in [0.1, 0.15) is 5.78 Å². The van der Waals surface area contributed by atoms with Crippen LogP contribution in [0.25, 0.3) is 0 Å². The highest BCUT2D eigenvalue weighted by molar-refractivity contribution is 5.81. The molecule has 1 aromatic rings. The molecule has 1 unspecified atom stereocenters. The van der Waals surface area contributed by atoms with Crippen molar-refractivity contribution in [1.29, 1.82) is 0 Å². The van der Waals surface area contributed by atoms with Gasteiger partial charge in [-0.25, -0.2) is 0 Å². The van der Waals surface area contributed by atoms with Gasteiger partial charge in [-0.05, 0) is 24.3 Å². The van der Waals surface area contributed by atoms with Gasteiger partial charge in [0.25, 0.3) is 0 Å². The minimum absolute atomic E-state index is 0.0289. The van der Waals surface area contributed by atoms with E-state index >= 15 is 0 Å². The summed E-state index contributed by atoms with van der Waals surface area (Å²) in [5.41, 5.74) is 6.91. The smallest absolute Gasteiger partial charge is 0.140 e. The molecule has 1 atom stereocenters. The van der Waals surface area contributed by atoms with E-state index in [0.29, 0.717) is 18.9 Å². The van der Waals surface area contributed by atoms with Crippen LogP contribution in [0.5, 0.6) is 0 Å². The second-order valence-corrected chi connectivity index (χ2v) is 7.12. The summed E-state index contributed by atoms with van der Waals surface area (Å²) in [6.45, 7) is 6.21. The lowest BCUT2D eigenvalue weighted by atomic mass is 9.84. The van der Waals surface area contributed by atoms with Gasteiger partial charge >= 0.3 is 0 Å². The maximum absolute atomic E-state index is 12.1. The summed E-state index contributed by atoms with van der Waals surface area (Å²) in [6.07, 6.45) is 7.86. The fourth-order valence-corrected chi connectivity index (χ4v) is 2.67. The monoisotopic (exact) mass is 277 g/mol. The fraction of sp³-hybridized carbons (Fsp3) is 0.750. The molecule has 4 nitrogen and oxygen atoms in total. The van der Waals surface area contributed by atoms with Crippen LogP contribution < -0.4 is 5.73 Å². The van der Waals surface area contributed by atoms with E-state index in [2.05, 4.69) is 25.9 Å². The molecule has 1 saturated carbocycles. The van der Waals surface area contributed by atoms with Crippen molar-refractivity contribution >= 4 is 5.78 Å². The molecular weight excluding hydrogens is 250 g/mol. The summed E-state index contributed by atoms with van der Waals surface area (Å²) < 4.78 is 2.04. The van der Waals surface area contributed by atoms with Crippen molar-refractivity contribution in [3.63, 3.8) is 0 Å². The van der Waals surface area contributed by atoms with Crippen molar-refractivity contribution in [3.8, 4) is 0 Å². The van der Waals surface area contributed by atoms with E-state index in [-0.39, 0.29) is 17.2 Å². The Balaban J connectivity index is 1.88. The molecule has 0 radical (unpaired) electrons. The van der Waals surface area contributed by atoms with E-state index in [1.165, 1.54) is 25.7 Å². The van der Waals surface area contributed by atoms with Gasteiger partial charge < -0.3 is 5.73 Å². The Hall–Kier alpha value is -1.16. The molecule has 4 heteroatoms. The molecule has 2 N–H and O–H groups in total. The lowest BCUT2D eigenvalue weighted by molar-refractivity contribution is -0.119. The topological polar surface area (TPSA) is 60.9 Å². The first kappa shape index (κ1) is 15.2. The minimum atomic E-state index is -0.0908. The van der Waals surface area contributed by atoms with Gasteiger partial charge in [-0.15, -0.1) is 0 Å². The molecule has 112 valence electrons. The first-order valence-corrected chi connectivity index (χ1v) is 7.67. The van der Waals surface area contributed by atoms with E-state index in [4.69, 9.17) is 5.73 Å². The van der Waals surface area contributed by atoms with E-state index in [0.717, 1.165) is 5.69 Å². The quantitative estimate of drug-likeness (QED) is 0.900. The predicted molar refractivity (Wildman–Crippen MR) is 80.5 cm³/mol. The summed E-state index contributed by atoms with van der Waals surface area (Å²) in [5, 5.41) is 4.56. The molecule has 1 fully saturated rings. The number of ketones is 1. The standard InChI is InChI=1S/C16H27N3O/c1-16(2,3)15(17)11-14(20)10-12-8-9-19(18-12)13-6-4-5-7-13/h8-9,13,15H,4-7,10-11,17H2,1-3H3. The molecule has 0 bridgehead atoms.